The molecular weight excluding hydrogens is 238 g/mol. The van der Waals surface area contributed by atoms with E-state index >= 15 is 0 Å². The maximum atomic E-state index is 5.83. The zero-order valence-electron chi connectivity index (χ0n) is 10.9. The van der Waals surface area contributed by atoms with E-state index in [1.165, 1.54) is 0 Å². The molecule has 19 heavy (non-hydrogen) atoms. The second-order valence-corrected chi connectivity index (χ2v) is 4.47. The lowest BCUT2D eigenvalue weighted by molar-refractivity contribution is 0.415. The van der Waals surface area contributed by atoms with Gasteiger partial charge in [0.05, 0.1) is 18.3 Å². The van der Waals surface area contributed by atoms with Gasteiger partial charge in [-0.05, 0) is 31.2 Å². The molecule has 0 atom stereocenters. The summed E-state index contributed by atoms with van der Waals surface area (Å²) in [6, 6.07) is 11.7. The molecule has 0 aliphatic carbocycles. The third-order valence-corrected chi connectivity index (χ3v) is 3.18. The monoisotopic (exact) mass is 253 g/mol. The Morgan fingerprint density at radius 1 is 1.21 bits per heavy atom. The van der Waals surface area contributed by atoms with Gasteiger partial charge in [0, 0.05) is 17.4 Å². The lowest BCUT2D eigenvalue weighted by Gasteiger charge is -2.04. The Morgan fingerprint density at radius 3 is 2.84 bits per heavy atom. The second-order valence-electron chi connectivity index (χ2n) is 4.47. The summed E-state index contributed by atoms with van der Waals surface area (Å²) in [5.41, 5.74) is 9.58. The highest BCUT2D eigenvalue weighted by Gasteiger charge is 2.10. The Kier molecular flexibility index (Phi) is 2.63. The van der Waals surface area contributed by atoms with Crippen molar-refractivity contribution in [1.29, 1.82) is 0 Å². The highest BCUT2D eigenvalue weighted by atomic mass is 16.5. The van der Waals surface area contributed by atoms with Crippen molar-refractivity contribution in [3.63, 3.8) is 0 Å². The molecule has 0 saturated heterocycles. The number of ether oxygens (including phenoxy) is 1. The van der Waals surface area contributed by atoms with E-state index in [2.05, 4.69) is 4.98 Å². The van der Waals surface area contributed by atoms with Crippen LogP contribution in [0.1, 0.15) is 5.69 Å². The van der Waals surface area contributed by atoms with E-state index in [1.54, 1.807) is 7.11 Å². The summed E-state index contributed by atoms with van der Waals surface area (Å²) in [6.45, 7) is 1.98. The van der Waals surface area contributed by atoms with E-state index in [0.717, 1.165) is 34.0 Å². The zero-order valence-corrected chi connectivity index (χ0v) is 10.9. The van der Waals surface area contributed by atoms with Gasteiger partial charge in [-0.3, -0.25) is 4.40 Å². The van der Waals surface area contributed by atoms with Crippen LogP contribution in [0.5, 0.6) is 5.75 Å². The van der Waals surface area contributed by atoms with Gasteiger partial charge in [-0.15, -0.1) is 0 Å². The molecule has 3 aromatic rings. The first-order chi connectivity index (χ1) is 9.19. The molecule has 2 aromatic heterocycles. The first kappa shape index (κ1) is 11.6. The topological polar surface area (TPSA) is 52.5 Å². The van der Waals surface area contributed by atoms with Crippen molar-refractivity contribution in [3.05, 3.63) is 48.3 Å². The van der Waals surface area contributed by atoms with Crippen LogP contribution in [0.3, 0.4) is 0 Å². The average Bonchev–Trinajstić information content (AvgIpc) is 2.76. The number of rotatable bonds is 2. The fourth-order valence-corrected chi connectivity index (χ4v) is 2.22. The number of anilines is 1. The predicted molar refractivity (Wildman–Crippen MR) is 76.3 cm³/mol. The maximum absolute atomic E-state index is 5.83. The Hall–Kier alpha value is -2.49. The third-order valence-electron chi connectivity index (χ3n) is 3.18. The van der Waals surface area contributed by atoms with E-state index in [4.69, 9.17) is 10.5 Å². The van der Waals surface area contributed by atoms with Crippen LogP contribution < -0.4 is 10.5 Å². The molecule has 0 saturated carbocycles. The molecule has 0 unspecified atom stereocenters. The molecule has 0 aliphatic rings. The fourth-order valence-electron chi connectivity index (χ4n) is 2.22. The minimum absolute atomic E-state index is 0.743. The minimum Gasteiger partial charge on any atom is -0.497 e. The largest absolute Gasteiger partial charge is 0.497 e. The standard InChI is InChI=1S/C15H15N3O/c1-10-14-9-12(16)6-7-18(14)15(17-10)11-4-3-5-13(8-11)19-2/h3-9H,16H2,1-2H3. The van der Waals surface area contributed by atoms with Crippen LogP contribution in [0.25, 0.3) is 16.9 Å². The minimum atomic E-state index is 0.743. The number of imidazole rings is 1. The lowest BCUT2D eigenvalue weighted by atomic mass is 10.2. The summed E-state index contributed by atoms with van der Waals surface area (Å²) in [5, 5.41) is 0. The van der Waals surface area contributed by atoms with Crippen molar-refractivity contribution >= 4 is 11.2 Å². The molecule has 0 spiro atoms. The van der Waals surface area contributed by atoms with Gasteiger partial charge in [0.15, 0.2) is 0 Å². The van der Waals surface area contributed by atoms with Crippen LogP contribution in [0.15, 0.2) is 42.6 Å². The molecule has 3 rings (SSSR count). The van der Waals surface area contributed by atoms with Crippen molar-refractivity contribution < 1.29 is 4.74 Å². The van der Waals surface area contributed by atoms with E-state index < -0.39 is 0 Å². The number of hydrogen-bond donors (Lipinski definition) is 1. The van der Waals surface area contributed by atoms with Gasteiger partial charge in [0.1, 0.15) is 11.6 Å². The van der Waals surface area contributed by atoms with Gasteiger partial charge < -0.3 is 10.5 Å². The molecule has 4 nitrogen and oxygen atoms in total. The average molecular weight is 253 g/mol. The Balaban J connectivity index is 2.25. The van der Waals surface area contributed by atoms with Crippen molar-refractivity contribution in [3.8, 4) is 17.1 Å². The summed E-state index contributed by atoms with van der Waals surface area (Å²) >= 11 is 0. The molecule has 0 aliphatic heterocycles. The van der Waals surface area contributed by atoms with Gasteiger partial charge in [0.2, 0.25) is 0 Å². The number of nitrogen functional groups attached to an aromatic ring is 1. The number of fused-ring (bicyclic) bond motifs is 1. The molecule has 96 valence electrons. The SMILES string of the molecule is COc1cccc(-c2nc(C)c3cc(N)ccn23)c1. The molecule has 2 heterocycles. The molecule has 1 aromatic carbocycles. The van der Waals surface area contributed by atoms with Gasteiger partial charge in [-0.25, -0.2) is 4.98 Å². The molecule has 0 amide bonds. The summed E-state index contributed by atoms with van der Waals surface area (Å²) in [5.74, 6) is 1.72. The molecule has 2 N–H and O–H groups in total. The quantitative estimate of drug-likeness (QED) is 0.764. The Labute approximate surface area is 111 Å². The van der Waals surface area contributed by atoms with E-state index in [1.807, 2.05) is 53.9 Å². The van der Waals surface area contributed by atoms with Crippen molar-refractivity contribution in [2.45, 2.75) is 6.92 Å². The molecule has 0 radical (unpaired) electrons. The summed E-state index contributed by atoms with van der Waals surface area (Å²) in [4.78, 5) is 4.63. The first-order valence-electron chi connectivity index (χ1n) is 6.07. The number of methoxy groups -OCH3 is 1. The molecular formula is C15H15N3O. The number of benzene rings is 1. The van der Waals surface area contributed by atoms with Crippen LogP contribution >= 0.6 is 0 Å². The summed E-state index contributed by atoms with van der Waals surface area (Å²) in [7, 11) is 1.66. The van der Waals surface area contributed by atoms with Crippen molar-refractivity contribution in [2.75, 3.05) is 12.8 Å². The lowest BCUT2D eigenvalue weighted by Crippen LogP contribution is -1.92. The number of hydrogen-bond acceptors (Lipinski definition) is 3. The van der Waals surface area contributed by atoms with Crippen LogP contribution in [-0.4, -0.2) is 16.5 Å². The summed E-state index contributed by atoms with van der Waals surface area (Å²) < 4.78 is 7.30. The summed E-state index contributed by atoms with van der Waals surface area (Å²) in [6.07, 6.45) is 1.94. The second kappa shape index (κ2) is 4.31. The first-order valence-corrected chi connectivity index (χ1v) is 6.07. The van der Waals surface area contributed by atoms with E-state index in [0.29, 0.717) is 0 Å². The van der Waals surface area contributed by atoms with E-state index in [9.17, 15) is 0 Å². The van der Waals surface area contributed by atoms with Gasteiger partial charge in [-0.1, -0.05) is 12.1 Å². The van der Waals surface area contributed by atoms with Crippen LogP contribution in [-0.2, 0) is 0 Å². The highest BCUT2D eigenvalue weighted by Crippen LogP contribution is 2.26. The Bertz CT molecular complexity index is 746. The van der Waals surface area contributed by atoms with E-state index in [-0.39, 0.29) is 0 Å². The number of nitrogens with zero attached hydrogens (tertiary/aromatic N) is 2. The molecule has 4 heteroatoms. The highest BCUT2D eigenvalue weighted by molar-refractivity contribution is 5.69. The predicted octanol–water partition coefficient (Wildman–Crippen LogP) is 2.90. The van der Waals surface area contributed by atoms with Gasteiger partial charge >= 0.3 is 0 Å². The van der Waals surface area contributed by atoms with Crippen LogP contribution in [0, 0.1) is 6.92 Å². The Morgan fingerprint density at radius 2 is 2.05 bits per heavy atom. The van der Waals surface area contributed by atoms with Gasteiger partial charge in [-0.2, -0.15) is 0 Å². The number of nitrogens with two attached hydrogens (primary N) is 1. The number of aromatic nitrogens is 2. The van der Waals surface area contributed by atoms with Crippen LogP contribution in [0.2, 0.25) is 0 Å². The number of aryl methyl sites for hydroxylation is 1. The zero-order chi connectivity index (χ0) is 13.4. The smallest absolute Gasteiger partial charge is 0.144 e. The number of pyridine rings is 1. The van der Waals surface area contributed by atoms with Gasteiger partial charge in [0.25, 0.3) is 0 Å². The van der Waals surface area contributed by atoms with Crippen molar-refractivity contribution in [1.82, 2.24) is 9.38 Å². The molecule has 0 bridgehead atoms. The fraction of sp³-hybridized carbons (Fsp3) is 0.133. The third kappa shape index (κ3) is 1.91. The normalized spacial score (nSPS) is 10.8. The molecule has 0 fully saturated rings. The van der Waals surface area contributed by atoms with Crippen LogP contribution in [0.4, 0.5) is 5.69 Å². The van der Waals surface area contributed by atoms with Crippen molar-refractivity contribution in [2.24, 2.45) is 0 Å². The maximum Gasteiger partial charge on any atom is 0.144 e.